The summed E-state index contributed by atoms with van der Waals surface area (Å²) >= 11 is 0. The first-order valence-electron chi connectivity index (χ1n) is 11.6. The van der Waals surface area contributed by atoms with Crippen LogP contribution < -0.4 is 5.32 Å². The molecule has 4 rings (SSSR count). The number of fused-ring (bicyclic) bond motifs is 1. The van der Waals surface area contributed by atoms with Gasteiger partial charge in [0.25, 0.3) is 0 Å². The Morgan fingerprint density at radius 3 is 2.47 bits per heavy atom. The van der Waals surface area contributed by atoms with Crippen molar-refractivity contribution < 1.29 is 4.79 Å². The Morgan fingerprint density at radius 1 is 1.00 bits per heavy atom. The van der Waals surface area contributed by atoms with Crippen LogP contribution in [0.15, 0.2) is 4.99 Å². The summed E-state index contributed by atoms with van der Waals surface area (Å²) in [6.07, 6.45) is 5.70. The molecule has 0 spiro atoms. The second-order valence-electron chi connectivity index (χ2n) is 8.54. The van der Waals surface area contributed by atoms with E-state index in [2.05, 4.69) is 43.7 Å². The molecule has 0 bridgehead atoms. The van der Waals surface area contributed by atoms with E-state index in [4.69, 9.17) is 4.99 Å². The number of hydrogen-bond acceptors (Lipinski definition) is 5. The molecular formula is C21H36N8O. The molecule has 1 atom stereocenters. The number of aromatic nitrogens is 3. The number of aryl methyl sites for hydroxylation is 1. The van der Waals surface area contributed by atoms with Crippen molar-refractivity contribution in [3.8, 4) is 0 Å². The number of carbonyl (C=O) groups excluding carboxylic acids is 1. The minimum atomic E-state index is -0.0349. The topological polar surface area (TPSA) is 81.9 Å². The molecule has 2 saturated heterocycles. The van der Waals surface area contributed by atoms with E-state index in [1.165, 1.54) is 12.8 Å². The summed E-state index contributed by atoms with van der Waals surface area (Å²) < 4.78 is 2.24. The molecule has 1 unspecified atom stereocenters. The lowest BCUT2D eigenvalue weighted by atomic mass is 10.2. The van der Waals surface area contributed by atoms with Crippen molar-refractivity contribution in [3.63, 3.8) is 0 Å². The lowest BCUT2D eigenvalue weighted by molar-refractivity contribution is -0.135. The van der Waals surface area contributed by atoms with Crippen molar-refractivity contribution in [1.29, 1.82) is 0 Å². The molecule has 2 fully saturated rings. The van der Waals surface area contributed by atoms with Crippen molar-refractivity contribution in [2.45, 2.75) is 65.1 Å². The second kappa shape index (κ2) is 9.76. The first-order valence-corrected chi connectivity index (χ1v) is 11.6. The lowest BCUT2D eigenvalue weighted by Crippen LogP contribution is -2.57. The number of amides is 1. The second-order valence-corrected chi connectivity index (χ2v) is 8.54. The zero-order valence-electron chi connectivity index (χ0n) is 18.5. The van der Waals surface area contributed by atoms with Crippen molar-refractivity contribution in [2.75, 3.05) is 45.8 Å². The standard InChI is InChI=1S/C21H36N8O/c1-3-22-21(23-16-19-25-24-18-8-4-5-11-29(18)19)28-14-12-26(13-15-28)17(2)20(30)27-9-6-7-10-27/h17H,3-16H2,1-2H3,(H,22,23). The van der Waals surface area contributed by atoms with E-state index >= 15 is 0 Å². The van der Waals surface area contributed by atoms with Crippen LogP contribution in [0.5, 0.6) is 0 Å². The number of likely N-dealkylation sites (tertiary alicyclic amines) is 1. The maximum Gasteiger partial charge on any atom is 0.239 e. The van der Waals surface area contributed by atoms with E-state index in [9.17, 15) is 4.79 Å². The van der Waals surface area contributed by atoms with Crippen molar-refractivity contribution in [2.24, 2.45) is 4.99 Å². The fraction of sp³-hybridized carbons (Fsp3) is 0.810. The predicted molar refractivity (Wildman–Crippen MR) is 116 cm³/mol. The van der Waals surface area contributed by atoms with E-state index in [1.54, 1.807) is 0 Å². The third-order valence-electron chi connectivity index (χ3n) is 6.58. The van der Waals surface area contributed by atoms with Gasteiger partial charge in [-0.2, -0.15) is 0 Å². The number of nitrogens with one attached hydrogen (secondary N) is 1. The molecular weight excluding hydrogens is 380 g/mol. The van der Waals surface area contributed by atoms with Gasteiger partial charge in [0.05, 0.1) is 6.04 Å². The van der Waals surface area contributed by atoms with Crippen LogP contribution in [0.3, 0.4) is 0 Å². The number of hydrogen-bond donors (Lipinski definition) is 1. The van der Waals surface area contributed by atoms with Gasteiger partial charge in [-0.15, -0.1) is 10.2 Å². The quantitative estimate of drug-likeness (QED) is 0.562. The number of nitrogens with zero attached hydrogens (tertiary/aromatic N) is 7. The van der Waals surface area contributed by atoms with Crippen LogP contribution in [-0.4, -0.2) is 93.2 Å². The van der Waals surface area contributed by atoms with Crippen LogP contribution in [0.2, 0.25) is 0 Å². The van der Waals surface area contributed by atoms with Gasteiger partial charge in [0, 0.05) is 58.8 Å². The maximum atomic E-state index is 12.7. The molecule has 1 amide bonds. The molecule has 30 heavy (non-hydrogen) atoms. The highest BCUT2D eigenvalue weighted by Crippen LogP contribution is 2.16. The Hall–Kier alpha value is -2.16. The normalized spacial score (nSPS) is 21.6. The summed E-state index contributed by atoms with van der Waals surface area (Å²) in [4.78, 5) is 24.3. The Bertz CT molecular complexity index is 746. The zero-order valence-corrected chi connectivity index (χ0v) is 18.5. The molecule has 1 aromatic heterocycles. The number of guanidine groups is 1. The molecule has 0 aromatic carbocycles. The van der Waals surface area contributed by atoms with Crippen LogP contribution in [-0.2, 0) is 24.3 Å². The fourth-order valence-corrected chi connectivity index (χ4v) is 4.74. The molecule has 9 nitrogen and oxygen atoms in total. The Kier molecular flexibility index (Phi) is 6.86. The molecule has 1 aromatic rings. The van der Waals surface area contributed by atoms with Gasteiger partial charge in [0.15, 0.2) is 11.8 Å². The summed E-state index contributed by atoms with van der Waals surface area (Å²) in [5.74, 6) is 3.28. The maximum absolute atomic E-state index is 12.7. The van der Waals surface area contributed by atoms with Gasteiger partial charge >= 0.3 is 0 Å². The van der Waals surface area contributed by atoms with Gasteiger partial charge in [-0.3, -0.25) is 9.69 Å². The monoisotopic (exact) mass is 416 g/mol. The SMILES string of the molecule is CCNC(=NCc1nnc2n1CCCC2)N1CCN(C(C)C(=O)N2CCCC2)CC1. The number of rotatable bonds is 5. The van der Waals surface area contributed by atoms with Gasteiger partial charge < -0.3 is 19.7 Å². The number of carbonyl (C=O) groups is 1. The first kappa shape index (κ1) is 21.1. The molecule has 166 valence electrons. The summed E-state index contributed by atoms with van der Waals surface area (Å²) in [7, 11) is 0. The highest BCUT2D eigenvalue weighted by Gasteiger charge is 2.30. The largest absolute Gasteiger partial charge is 0.357 e. The third kappa shape index (κ3) is 4.61. The van der Waals surface area contributed by atoms with Gasteiger partial charge in [-0.25, -0.2) is 4.99 Å². The highest BCUT2D eigenvalue weighted by atomic mass is 16.2. The summed E-state index contributed by atoms with van der Waals surface area (Å²) in [5, 5.41) is 12.1. The number of piperazine rings is 1. The zero-order chi connectivity index (χ0) is 20.9. The molecule has 3 aliphatic heterocycles. The average Bonchev–Trinajstić information content (AvgIpc) is 3.46. The average molecular weight is 417 g/mol. The molecule has 0 saturated carbocycles. The van der Waals surface area contributed by atoms with Gasteiger partial charge in [-0.05, 0) is 39.5 Å². The third-order valence-corrected chi connectivity index (χ3v) is 6.58. The van der Waals surface area contributed by atoms with Crippen LogP contribution in [0.1, 0.15) is 51.2 Å². The van der Waals surface area contributed by atoms with Crippen molar-refractivity contribution >= 4 is 11.9 Å². The van der Waals surface area contributed by atoms with Crippen molar-refractivity contribution in [1.82, 2.24) is 34.8 Å². The summed E-state index contributed by atoms with van der Waals surface area (Å²) in [6.45, 7) is 11.9. The molecule has 0 aliphatic carbocycles. The molecule has 4 heterocycles. The Morgan fingerprint density at radius 2 is 1.73 bits per heavy atom. The summed E-state index contributed by atoms with van der Waals surface area (Å²) in [6, 6.07) is -0.0349. The minimum Gasteiger partial charge on any atom is -0.357 e. The molecule has 1 N–H and O–H groups in total. The van der Waals surface area contributed by atoms with E-state index in [0.29, 0.717) is 6.54 Å². The predicted octanol–water partition coefficient (Wildman–Crippen LogP) is 0.708. The first-order chi connectivity index (χ1) is 14.7. The van der Waals surface area contributed by atoms with Crippen LogP contribution in [0, 0.1) is 0 Å². The Balaban J connectivity index is 1.34. The van der Waals surface area contributed by atoms with Gasteiger partial charge in [0.2, 0.25) is 5.91 Å². The van der Waals surface area contributed by atoms with Gasteiger partial charge in [0.1, 0.15) is 12.4 Å². The molecule has 3 aliphatic rings. The van der Waals surface area contributed by atoms with E-state index in [0.717, 1.165) is 89.2 Å². The fourth-order valence-electron chi connectivity index (χ4n) is 4.74. The molecule has 9 heteroatoms. The van der Waals surface area contributed by atoms with E-state index in [1.807, 2.05) is 4.90 Å². The van der Waals surface area contributed by atoms with E-state index < -0.39 is 0 Å². The van der Waals surface area contributed by atoms with Crippen LogP contribution >= 0.6 is 0 Å². The molecule has 0 radical (unpaired) electrons. The smallest absolute Gasteiger partial charge is 0.239 e. The lowest BCUT2D eigenvalue weighted by Gasteiger charge is -2.39. The van der Waals surface area contributed by atoms with Crippen LogP contribution in [0.4, 0.5) is 0 Å². The summed E-state index contributed by atoms with van der Waals surface area (Å²) in [5.41, 5.74) is 0. The minimum absolute atomic E-state index is 0.0349. The Labute approximate surface area is 179 Å². The highest BCUT2D eigenvalue weighted by molar-refractivity contribution is 5.82. The van der Waals surface area contributed by atoms with Crippen molar-refractivity contribution in [3.05, 3.63) is 11.6 Å². The number of aliphatic imine (C=N–C) groups is 1. The van der Waals surface area contributed by atoms with Gasteiger partial charge in [-0.1, -0.05) is 0 Å². The van der Waals surface area contributed by atoms with E-state index in [-0.39, 0.29) is 11.9 Å². The van der Waals surface area contributed by atoms with Crippen LogP contribution in [0.25, 0.3) is 0 Å².